The molecule has 3 aromatic rings. The Kier molecular flexibility index (Phi) is 14.5. The van der Waals surface area contributed by atoms with Gasteiger partial charge in [-0.05, 0) is 67.3 Å². The van der Waals surface area contributed by atoms with E-state index in [-0.39, 0.29) is 26.4 Å². The molecule has 15 heteroatoms. The molecule has 0 amide bonds. The molecule has 2 aromatic heterocycles. The minimum atomic E-state index is -0.855. The standard InChI is InChI=1S/C30H36N4O10S/c1-2-3-10-28-31-21-25(20-26(27-9-8-19-45-27)30(36)42-16-5-7-18-44-34(39)40)32(28)22-23-11-13-24(14-12-23)29(35)41-15-4-6-17-43-33(37)38/h8-9,11-14,19-21H,2-7,10,15-18,22H2,1H3/b26-20+. The highest BCUT2D eigenvalue weighted by Gasteiger charge is 2.18. The van der Waals surface area contributed by atoms with Gasteiger partial charge in [0.1, 0.15) is 5.82 Å². The lowest BCUT2D eigenvalue weighted by Gasteiger charge is -2.13. The van der Waals surface area contributed by atoms with E-state index in [2.05, 4.69) is 21.6 Å². The molecule has 0 aliphatic rings. The molecule has 1 aromatic carbocycles. The Morgan fingerprint density at radius 2 is 1.56 bits per heavy atom. The number of thiophene rings is 1. The van der Waals surface area contributed by atoms with Gasteiger partial charge in [0.2, 0.25) is 0 Å². The van der Waals surface area contributed by atoms with Gasteiger partial charge in [-0.1, -0.05) is 31.5 Å². The minimum absolute atomic E-state index is 0.0510. The highest BCUT2D eigenvalue weighted by Crippen LogP contribution is 2.26. The molecule has 45 heavy (non-hydrogen) atoms. The molecule has 2 heterocycles. The van der Waals surface area contributed by atoms with Gasteiger partial charge in [-0.15, -0.1) is 31.6 Å². The van der Waals surface area contributed by atoms with Crippen molar-refractivity contribution in [2.75, 3.05) is 26.4 Å². The van der Waals surface area contributed by atoms with E-state index >= 15 is 0 Å². The Labute approximate surface area is 263 Å². The van der Waals surface area contributed by atoms with Crippen molar-refractivity contribution < 1.29 is 38.9 Å². The number of hydrogen-bond donors (Lipinski definition) is 0. The van der Waals surface area contributed by atoms with Crippen molar-refractivity contribution in [2.24, 2.45) is 0 Å². The number of carbonyl (C=O) groups excluding carboxylic acids is 2. The van der Waals surface area contributed by atoms with Crippen LogP contribution in [0.2, 0.25) is 0 Å². The van der Waals surface area contributed by atoms with Crippen LogP contribution in [0.5, 0.6) is 0 Å². The van der Waals surface area contributed by atoms with E-state index in [1.807, 2.05) is 34.2 Å². The second-order valence-electron chi connectivity index (χ2n) is 9.82. The molecule has 0 N–H and O–H groups in total. The van der Waals surface area contributed by atoms with Crippen LogP contribution in [0.25, 0.3) is 11.6 Å². The van der Waals surface area contributed by atoms with Crippen LogP contribution in [0.3, 0.4) is 0 Å². The normalized spacial score (nSPS) is 11.2. The van der Waals surface area contributed by atoms with Crippen LogP contribution in [0.15, 0.2) is 48.0 Å². The quantitative estimate of drug-likeness (QED) is 0.0467. The third-order valence-corrected chi connectivity index (χ3v) is 7.39. The Morgan fingerprint density at radius 1 is 0.911 bits per heavy atom. The number of esters is 2. The Morgan fingerprint density at radius 3 is 2.16 bits per heavy atom. The van der Waals surface area contributed by atoms with Crippen molar-refractivity contribution in [3.8, 4) is 0 Å². The molecule has 14 nitrogen and oxygen atoms in total. The predicted molar refractivity (Wildman–Crippen MR) is 164 cm³/mol. The summed E-state index contributed by atoms with van der Waals surface area (Å²) in [6.45, 7) is 2.64. The number of benzene rings is 1. The monoisotopic (exact) mass is 644 g/mol. The molecule has 0 atom stereocenters. The number of unbranched alkanes of at least 4 members (excludes halogenated alkanes) is 3. The summed E-state index contributed by atoms with van der Waals surface area (Å²) in [6, 6.07) is 10.7. The average molecular weight is 645 g/mol. The van der Waals surface area contributed by atoms with Crippen molar-refractivity contribution in [1.29, 1.82) is 0 Å². The topological polar surface area (TPSA) is 175 Å². The first-order valence-corrected chi connectivity index (χ1v) is 15.4. The summed E-state index contributed by atoms with van der Waals surface area (Å²) in [5, 5.41) is 20.7. The Balaban J connectivity index is 1.72. The zero-order valence-corrected chi connectivity index (χ0v) is 25.8. The van der Waals surface area contributed by atoms with E-state index in [0.717, 1.165) is 35.5 Å². The molecule has 0 fully saturated rings. The van der Waals surface area contributed by atoms with Gasteiger partial charge >= 0.3 is 11.9 Å². The predicted octanol–water partition coefficient (Wildman–Crippen LogP) is 5.55. The Bertz CT molecular complexity index is 1420. The maximum absolute atomic E-state index is 13.2. The highest BCUT2D eigenvalue weighted by molar-refractivity contribution is 7.11. The van der Waals surface area contributed by atoms with Crippen LogP contribution in [-0.2, 0) is 36.9 Å². The molecule has 0 bridgehead atoms. The summed E-state index contributed by atoms with van der Waals surface area (Å²) in [6.07, 6.45) is 7.76. The molecule has 0 radical (unpaired) electrons. The number of rotatable bonds is 21. The van der Waals surface area contributed by atoms with Gasteiger partial charge in [0.05, 0.1) is 49.5 Å². The second-order valence-corrected chi connectivity index (χ2v) is 10.8. The first-order valence-electron chi connectivity index (χ1n) is 14.6. The SMILES string of the molecule is CCCCc1ncc(/C=C(/C(=O)OCCCCO[N+](=O)[O-])c2cccs2)n1Cc1ccc(C(=O)OCCCCO[N+](=O)[O-])cc1. The van der Waals surface area contributed by atoms with E-state index in [0.29, 0.717) is 49.1 Å². The number of aromatic nitrogens is 2. The smallest absolute Gasteiger partial charge is 0.339 e. The van der Waals surface area contributed by atoms with Crippen molar-refractivity contribution in [2.45, 2.75) is 58.4 Å². The third-order valence-electron chi connectivity index (χ3n) is 6.49. The summed E-state index contributed by atoms with van der Waals surface area (Å²) in [4.78, 5) is 60.0. The van der Waals surface area contributed by atoms with Crippen LogP contribution in [0.1, 0.15) is 77.8 Å². The molecular formula is C30H36N4O10S. The minimum Gasteiger partial charge on any atom is -0.462 e. The molecule has 3 rings (SSSR count). The number of carbonyl (C=O) groups is 2. The van der Waals surface area contributed by atoms with Gasteiger partial charge in [0.15, 0.2) is 0 Å². The van der Waals surface area contributed by atoms with Gasteiger partial charge in [0.25, 0.3) is 10.2 Å². The van der Waals surface area contributed by atoms with Gasteiger partial charge in [-0.2, -0.15) is 0 Å². The fourth-order valence-corrected chi connectivity index (χ4v) is 4.91. The van der Waals surface area contributed by atoms with Gasteiger partial charge in [0, 0.05) is 17.8 Å². The van der Waals surface area contributed by atoms with E-state index in [1.54, 1.807) is 24.4 Å². The molecule has 0 unspecified atom stereocenters. The summed E-state index contributed by atoms with van der Waals surface area (Å²) in [5.74, 6) is -0.142. The summed E-state index contributed by atoms with van der Waals surface area (Å²) in [7, 11) is 0. The van der Waals surface area contributed by atoms with Crippen LogP contribution in [0.4, 0.5) is 0 Å². The number of nitrogens with zero attached hydrogens (tertiary/aromatic N) is 4. The number of hydrogen-bond acceptors (Lipinski definition) is 12. The second kappa shape index (κ2) is 18.8. The van der Waals surface area contributed by atoms with Gasteiger partial charge in [-0.3, -0.25) is 0 Å². The lowest BCUT2D eigenvalue weighted by Crippen LogP contribution is -2.11. The van der Waals surface area contributed by atoms with Crippen LogP contribution < -0.4 is 0 Å². The van der Waals surface area contributed by atoms with Crippen molar-refractivity contribution in [1.82, 2.24) is 9.55 Å². The number of ether oxygens (including phenoxy) is 2. The average Bonchev–Trinajstić information content (AvgIpc) is 3.68. The summed E-state index contributed by atoms with van der Waals surface area (Å²) < 4.78 is 12.8. The van der Waals surface area contributed by atoms with Crippen molar-refractivity contribution in [3.63, 3.8) is 0 Å². The summed E-state index contributed by atoms with van der Waals surface area (Å²) in [5.41, 5.74) is 2.37. The molecule has 0 saturated heterocycles. The van der Waals surface area contributed by atoms with Crippen LogP contribution >= 0.6 is 11.3 Å². The highest BCUT2D eigenvalue weighted by atomic mass is 32.1. The largest absolute Gasteiger partial charge is 0.462 e. The van der Waals surface area contributed by atoms with E-state index in [1.165, 1.54) is 11.3 Å². The molecule has 0 spiro atoms. The Hall–Kier alpha value is -4.79. The van der Waals surface area contributed by atoms with Crippen molar-refractivity contribution >= 4 is 34.9 Å². The first kappa shape index (κ1) is 34.7. The molecule has 242 valence electrons. The third kappa shape index (κ3) is 12.0. The van der Waals surface area contributed by atoms with Gasteiger partial charge in [-0.25, -0.2) is 14.6 Å². The lowest BCUT2D eigenvalue weighted by atomic mass is 10.1. The fraction of sp³-hybridized carbons (Fsp3) is 0.433. The zero-order valence-electron chi connectivity index (χ0n) is 25.0. The van der Waals surface area contributed by atoms with Gasteiger partial charge < -0.3 is 23.7 Å². The molecule has 0 aliphatic carbocycles. The van der Waals surface area contributed by atoms with Crippen molar-refractivity contribution in [3.05, 3.63) is 95.7 Å². The number of imidazole rings is 1. The first-order chi connectivity index (χ1) is 21.8. The van der Waals surface area contributed by atoms with Crippen LogP contribution in [0, 0.1) is 20.2 Å². The van der Waals surface area contributed by atoms with Crippen LogP contribution in [-0.4, -0.2) is 58.1 Å². The number of aryl methyl sites for hydroxylation is 1. The molecular weight excluding hydrogens is 608 g/mol. The molecule has 0 saturated carbocycles. The van der Waals surface area contributed by atoms with E-state index in [9.17, 15) is 29.8 Å². The van der Waals surface area contributed by atoms with E-state index in [4.69, 9.17) is 9.47 Å². The zero-order chi connectivity index (χ0) is 32.4. The fourth-order valence-electron chi connectivity index (χ4n) is 4.18. The molecule has 0 aliphatic heterocycles. The lowest BCUT2D eigenvalue weighted by molar-refractivity contribution is -0.757. The maximum atomic E-state index is 13.2. The maximum Gasteiger partial charge on any atom is 0.339 e. The van der Waals surface area contributed by atoms with E-state index < -0.39 is 22.1 Å². The summed E-state index contributed by atoms with van der Waals surface area (Å²) >= 11 is 1.40.